The molecule has 1 aromatic rings. The van der Waals surface area contributed by atoms with Gasteiger partial charge in [0.05, 0.1) is 0 Å². The Kier molecular flexibility index (Phi) is 5.56. The molecule has 0 bridgehead atoms. The quantitative estimate of drug-likeness (QED) is 0.906. The molecule has 0 saturated heterocycles. The smallest absolute Gasteiger partial charge is 0.0410 e. The Labute approximate surface area is 113 Å². The second-order valence-corrected chi connectivity index (χ2v) is 6.34. The second kappa shape index (κ2) is 6.47. The zero-order valence-corrected chi connectivity index (χ0v) is 12.7. The Bertz CT molecular complexity index is 347. The van der Waals surface area contributed by atoms with Crippen LogP contribution in [0.1, 0.15) is 26.3 Å². The van der Waals surface area contributed by atoms with Crippen LogP contribution in [0.25, 0.3) is 0 Å². The summed E-state index contributed by atoms with van der Waals surface area (Å²) in [6, 6.07) is 2.11. The molecule has 0 amide bonds. The molecule has 17 heavy (non-hydrogen) atoms. The molecule has 0 radical (unpaired) electrons. The van der Waals surface area contributed by atoms with Gasteiger partial charge in [0.1, 0.15) is 0 Å². The summed E-state index contributed by atoms with van der Waals surface area (Å²) in [6.45, 7) is 9.52. The fourth-order valence-corrected chi connectivity index (χ4v) is 1.97. The van der Waals surface area contributed by atoms with E-state index in [4.69, 9.17) is 0 Å². The summed E-state index contributed by atoms with van der Waals surface area (Å²) in [7, 11) is 2.13. The molecule has 0 aromatic carbocycles. The van der Waals surface area contributed by atoms with Gasteiger partial charge in [0.2, 0.25) is 0 Å². The van der Waals surface area contributed by atoms with Crippen LogP contribution in [0, 0.1) is 0 Å². The molecule has 0 spiro atoms. The lowest BCUT2D eigenvalue weighted by molar-refractivity contribution is 0.303. The number of hydrogen-bond acceptors (Lipinski definition) is 3. The van der Waals surface area contributed by atoms with E-state index >= 15 is 0 Å². The number of rotatable bonds is 5. The molecular weight excluding hydrogens is 278 g/mol. The van der Waals surface area contributed by atoms with E-state index in [1.165, 1.54) is 5.56 Å². The Hall–Kier alpha value is -0.450. The number of halogens is 1. The van der Waals surface area contributed by atoms with Crippen molar-refractivity contribution in [2.45, 2.75) is 32.9 Å². The average Bonchev–Trinajstić information content (AvgIpc) is 2.15. The lowest BCUT2D eigenvalue weighted by Gasteiger charge is -2.23. The maximum absolute atomic E-state index is 4.17. The molecule has 96 valence electrons. The molecule has 0 aliphatic heterocycles. The van der Waals surface area contributed by atoms with Crippen molar-refractivity contribution in [2.75, 3.05) is 20.1 Å². The van der Waals surface area contributed by atoms with Crippen molar-refractivity contribution in [2.24, 2.45) is 0 Å². The van der Waals surface area contributed by atoms with Crippen molar-refractivity contribution in [3.63, 3.8) is 0 Å². The van der Waals surface area contributed by atoms with Gasteiger partial charge in [-0.2, -0.15) is 0 Å². The number of hydrogen-bond donors (Lipinski definition) is 1. The highest BCUT2D eigenvalue weighted by molar-refractivity contribution is 9.10. The normalized spacial score (nSPS) is 12.1. The molecule has 0 saturated carbocycles. The number of nitrogens with one attached hydrogen (secondary N) is 1. The van der Waals surface area contributed by atoms with Crippen LogP contribution in [0.3, 0.4) is 0 Å². The number of nitrogens with zero attached hydrogens (tertiary/aromatic N) is 2. The van der Waals surface area contributed by atoms with Gasteiger partial charge in [-0.3, -0.25) is 4.98 Å². The third-order valence-corrected chi connectivity index (χ3v) is 2.80. The van der Waals surface area contributed by atoms with E-state index < -0.39 is 0 Å². The maximum Gasteiger partial charge on any atom is 0.0410 e. The van der Waals surface area contributed by atoms with E-state index in [1.54, 1.807) is 0 Å². The van der Waals surface area contributed by atoms with Gasteiger partial charge < -0.3 is 10.2 Å². The molecular formula is C13H22BrN3. The SMILES string of the molecule is CN(CCNC(C)(C)C)Cc1cncc(Br)c1. The summed E-state index contributed by atoms with van der Waals surface area (Å²) in [5.74, 6) is 0. The summed E-state index contributed by atoms with van der Waals surface area (Å²) in [5, 5.41) is 3.48. The molecule has 0 unspecified atom stereocenters. The second-order valence-electron chi connectivity index (χ2n) is 5.43. The van der Waals surface area contributed by atoms with E-state index in [9.17, 15) is 0 Å². The van der Waals surface area contributed by atoms with Gasteiger partial charge in [0, 0.05) is 42.0 Å². The van der Waals surface area contributed by atoms with Gasteiger partial charge in [-0.15, -0.1) is 0 Å². The summed E-state index contributed by atoms with van der Waals surface area (Å²) in [4.78, 5) is 6.46. The standard InChI is InChI=1S/C13H22BrN3/c1-13(2,3)16-5-6-17(4)10-11-7-12(14)9-15-8-11/h7-9,16H,5-6,10H2,1-4H3. The third-order valence-electron chi connectivity index (χ3n) is 2.36. The summed E-state index contributed by atoms with van der Waals surface area (Å²) in [6.07, 6.45) is 3.73. The highest BCUT2D eigenvalue weighted by atomic mass is 79.9. The van der Waals surface area contributed by atoms with E-state index in [0.29, 0.717) is 0 Å². The van der Waals surface area contributed by atoms with E-state index in [0.717, 1.165) is 24.1 Å². The molecule has 0 aliphatic carbocycles. The number of likely N-dealkylation sites (N-methyl/N-ethyl adjacent to an activating group) is 1. The first-order valence-electron chi connectivity index (χ1n) is 5.90. The highest BCUT2D eigenvalue weighted by Crippen LogP contribution is 2.10. The van der Waals surface area contributed by atoms with Crippen molar-refractivity contribution in [1.29, 1.82) is 0 Å². The van der Waals surface area contributed by atoms with Crippen molar-refractivity contribution in [3.8, 4) is 0 Å². The predicted molar refractivity (Wildman–Crippen MR) is 76.0 cm³/mol. The molecule has 1 N–H and O–H groups in total. The Balaban J connectivity index is 2.32. The van der Waals surface area contributed by atoms with Gasteiger partial charge >= 0.3 is 0 Å². The lowest BCUT2D eigenvalue weighted by Crippen LogP contribution is -2.40. The Morgan fingerprint density at radius 3 is 2.65 bits per heavy atom. The van der Waals surface area contributed by atoms with Gasteiger partial charge in [0.25, 0.3) is 0 Å². The van der Waals surface area contributed by atoms with Crippen LogP contribution in [-0.4, -0.2) is 35.6 Å². The average molecular weight is 300 g/mol. The molecule has 1 aromatic heterocycles. The van der Waals surface area contributed by atoms with Gasteiger partial charge in [-0.1, -0.05) is 0 Å². The van der Waals surface area contributed by atoms with Crippen LogP contribution in [0.4, 0.5) is 0 Å². The molecule has 4 heteroatoms. The van der Waals surface area contributed by atoms with E-state index in [2.05, 4.69) is 65.0 Å². The summed E-state index contributed by atoms with van der Waals surface area (Å²) < 4.78 is 1.04. The van der Waals surface area contributed by atoms with E-state index in [-0.39, 0.29) is 5.54 Å². The summed E-state index contributed by atoms with van der Waals surface area (Å²) >= 11 is 3.44. The zero-order chi connectivity index (χ0) is 12.9. The van der Waals surface area contributed by atoms with E-state index in [1.807, 2.05) is 12.4 Å². The molecule has 0 aliphatic rings. The first-order valence-corrected chi connectivity index (χ1v) is 6.69. The molecule has 0 fully saturated rings. The Morgan fingerprint density at radius 1 is 1.35 bits per heavy atom. The largest absolute Gasteiger partial charge is 0.311 e. The van der Waals surface area contributed by atoms with Gasteiger partial charge in [-0.25, -0.2) is 0 Å². The van der Waals surface area contributed by atoms with Crippen LogP contribution in [-0.2, 0) is 6.54 Å². The minimum atomic E-state index is 0.193. The van der Waals surface area contributed by atoms with Crippen LogP contribution < -0.4 is 5.32 Å². The third kappa shape index (κ3) is 6.76. The Morgan fingerprint density at radius 2 is 2.06 bits per heavy atom. The molecule has 0 atom stereocenters. The topological polar surface area (TPSA) is 28.2 Å². The van der Waals surface area contributed by atoms with Crippen LogP contribution in [0.2, 0.25) is 0 Å². The first-order chi connectivity index (χ1) is 7.87. The molecule has 1 heterocycles. The van der Waals surface area contributed by atoms with Crippen molar-refractivity contribution >= 4 is 15.9 Å². The van der Waals surface area contributed by atoms with Crippen molar-refractivity contribution in [1.82, 2.24) is 15.2 Å². The van der Waals surface area contributed by atoms with Crippen LogP contribution in [0.15, 0.2) is 22.9 Å². The van der Waals surface area contributed by atoms with Gasteiger partial charge in [0.15, 0.2) is 0 Å². The highest BCUT2D eigenvalue weighted by Gasteiger charge is 2.08. The number of pyridine rings is 1. The van der Waals surface area contributed by atoms with Crippen molar-refractivity contribution in [3.05, 3.63) is 28.5 Å². The summed E-state index contributed by atoms with van der Waals surface area (Å²) in [5.41, 5.74) is 1.43. The minimum absolute atomic E-state index is 0.193. The predicted octanol–water partition coefficient (Wildman–Crippen LogP) is 2.66. The van der Waals surface area contributed by atoms with Crippen LogP contribution >= 0.6 is 15.9 Å². The zero-order valence-electron chi connectivity index (χ0n) is 11.1. The lowest BCUT2D eigenvalue weighted by atomic mass is 10.1. The maximum atomic E-state index is 4.17. The number of aromatic nitrogens is 1. The fraction of sp³-hybridized carbons (Fsp3) is 0.615. The van der Waals surface area contributed by atoms with Crippen LogP contribution in [0.5, 0.6) is 0 Å². The van der Waals surface area contributed by atoms with Crippen molar-refractivity contribution < 1.29 is 0 Å². The van der Waals surface area contributed by atoms with Gasteiger partial charge in [-0.05, 0) is 55.4 Å². The first kappa shape index (κ1) is 14.6. The minimum Gasteiger partial charge on any atom is -0.311 e. The monoisotopic (exact) mass is 299 g/mol. The fourth-order valence-electron chi connectivity index (χ4n) is 1.55. The molecule has 3 nitrogen and oxygen atoms in total. The molecule has 1 rings (SSSR count).